The summed E-state index contributed by atoms with van der Waals surface area (Å²) in [6, 6.07) is 8.77. The highest BCUT2D eigenvalue weighted by Crippen LogP contribution is 2.07. The molecule has 0 saturated carbocycles. The number of aryl methyl sites for hydroxylation is 2. The van der Waals surface area contributed by atoms with Gasteiger partial charge in [0.05, 0.1) is 0 Å². The van der Waals surface area contributed by atoms with E-state index in [2.05, 4.69) is 52.0 Å². The van der Waals surface area contributed by atoms with Crippen LogP contribution in [0.4, 0.5) is 0 Å². The van der Waals surface area contributed by atoms with E-state index in [0.717, 1.165) is 0 Å². The highest BCUT2D eigenvalue weighted by molar-refractivity contribution is 5.22. The first-order chi connectivity index (χ1) is 7.74. The molecule has 0 atom stereocenters. The predicted octanol–water partition coefficient (Wildman–Crippen LogP) is 5.78. The Kier molecular flexibility index (Phi) is 15.7. The quantitative estimate of drug-likeness (QED) is 0.608. The number of rotatable bonds is 3. The topological polar surface area (TPSA) is 0 Å². The molecule has 1 rings (SSSR count). The van der Waals surface area contributed by atoms with Crippen molar-refractivity contribution in [3.63, 3.8) is 0 Å². The fourth-order valence-corrected chi connectivity index (χ4v) is 1.25. The summed E-state index contributed by atoms with van der Waals surface area (Å²) in [5.41, 5.74) is 2.85. The first-order valence-corrected chi connectivity index (χ1v) is 6.80. The maximum atomic E-state index is 2.27. The second-order valence-electron chi connectivity index (χ2n) is 3.80. The standard InChI is InChI=1S/C11H16.C3H8.C2H6/c1-3-4-7-11-8-5-6-10(2)9-11;1-3-2;1-2/h5-6,8-9H,3-4,7H2,1-2H3;3H2,1-2H3;1-2H3. The molecule has 0 radical (unpaired) electrons. The van der Waals surface area contributed by atoms with Crippen LogP contribution in [-0.4, -0.2) is 0 Å². The van der Waals surface area contributed by atoms with Gasteiger partial charge in [-0.15, -0.1) is 0 Å². The average molecular weight is 222 g/mol. The summed E-state index contributed by atoms with van der Waals surface area (Å²) in [5, 5.41) is 0. The Labute approximate surface area is 103 Å². The number of benzene rings is 1. The molecule has 0 saturated heterocycles. The minimum Gasteiger partial charge on any atom is -0.0683 e. The van der Waals surface area contributed by atoms with Gasteiger partial charge in [-0.05, 0) is 25.3 Å². The lowest BCUT2D eigenvalue weighted by molar-refractivity contribution is 0.794. The summed E-state index contributed by atoms with van der Waals surface area (Å²) >= 11 is 0. The molecule has 0 N–H and O–H groups in total. The molecule has 0 amide bonds. The van der Waals surface area contributed by atoms with Crippen molar-refractivity contribution in [1.29, 1.82) is 0 Å². The summed E-state index contributed by atoms with van der Waals surface area (Å²) in [7, 11) is 0. The van der Waals surface area contributed by atoms with Crippen LogP contribution in [0.2, 0.25) is 0 Å². The lowest BCUT2D eigenvalue weighted by Crippen LogP contribution is -1.84. The van der Waals surface area contributed by atoms with E-state index in [1.165, 1.54) is 36.8 Å². The van der Waals surface area contributed by atoms with Gasteiger partial charge in [0.2, 0.25) is 0 Å². The zero-order valence-corrected chi connectivity index (χ0v) is 12.1. The Balaban J connectivity index is 0. The molecule has 16 heavy (non-hydrogen) atoms. The smallest absolute Gasteiger partial charge is 0.0279 e. The number of unbranched alkanes of at least 4 members (excludes halogenated alkanes) is 1. The van der Waals surface area contributed by atoms with Crippen molar-refractivity contribution < 1.29 is 0 Å². The fraction of sp³-hybridized carbons (Fsp3) is 0.625. The van der Waals surface area contributed by atoms with E-state index in [0.29, 0.717) is 0 Å². The van der Waals surface area contributed by atoms with E-state index in [1.54, 1.807) is 0 Å². The van der Waals surface area contributed by atoms with Crippen LogP contribution in [0, 0.1) is 6.92 Å². The lowest BCUT2D eigenvalue weighted by Gasteiger charge is -1.99. The molecule has 0 aliphatic heterocycles. The van der Waals surface area contributed by atoms with Crippen molar-refractivity contribution in [3.8, 4) is 0 Å². The molecule has 0 aliphatic carbocycles. The van der Waals surface area contributed by atoms with Gasteiger partial charge in [-0.25, -0.2) is 0 Å². The summed E-state index contributed by atoms with van der Waals surface area (Å²) in [6.45, 7) is 12.6. The third-order valence-electron chi connectivity index (χ3n) is 1.90. The minimum absolute atomic E-state index is 1.23. The second kappa shape index (κ2) is 14.2. The summed E-state index contributed by atoms with van der Waals surface area (Å²) in [5.74, 6) is 0. The van der Waals surface area contributed by atoms with Gasteiger partial charge in [0, 0.05) is 0 Å². The molecule has 0 unspecified atom stereocenters. The van der Waals surface area contributed by atoms with Crippen LogP contribution < -0.4 is 0 Å². The van der Waals surface area contributed by atoms with E-state index in [-0.39, 0.29) is 0 Å². The van der Waals surface area contributed by atoms with Gasteiger partial charge in [-0.3, -0.25) is 0 Å². The molecular weight excluding hydrogens is 192 g/mol. The van der Waals surface area contributed by atoms with Crippen molar-refractivity contribution in [2.75, 3.05) is 0 Å². The van der Waals surface area contributed by atoms with Gasteiger partial charge < -0.3 is 0 Å². The molecule has 0 aromatic heterocycles. The summed E-state index contributed by atoms with van der Waals surface area (Å²) in [4.78, 5) is 0. The molecule has 0 heterocycles. The van der Waals surface area contributed by atoms with Crippen molar-refractivity contribution in [1.82, 2.24) is 0 Å². The highest BCUT2D eigenvalue weighted by atomic mass is 14.0. The molecule has 0 fully saturated rings. The van der Waals surface area contributed by atoms with E-state index in [9.17, 15) is 0 Å². The van der Waals surface area contributed by atoms with Gasteiger partial charge in [0.15, 0.2) is 0 Å². The normalized spacial score (nSPS) is 8.38. The van der Waals surface area contributed by atoms with Crippen molar-refractivity contribution in [3.05, 3.63) is 35.4 Å². The monoisotopic (exact) mass is 222 g/mol. The van der Waals surface area contributed by atoms with Crippen LogP contribution in [0.25, 0.3) is 0 Å². The molecule has 1 aromatic carbocycles. The third-order valence-corrected chi connectivity index (χ3v) is 1.90. The van der Waals surface area contributed by atoms with Crippen molar-refractivity contribution in [2.45, 2.75) is 67.2 Å². The summed E-state index contributed by atoms with van der Waals surface area (Å²) in [6.07, 6.45) is 5.08. The van der Waals surface area contributed by atoms with E-state index < -0.39 is 0 Å². The molecular formula is C16H30. The molecule has 0 bridgehead atoms. The maximum absolute atomic E-state index is 2.27. The fourth-order valence-electron chi connectivity index (χ4n) is 1.25. The first-order valence-electron chi connectivity index (χ1n) is 6.80. The third kappa shape index (κ3) is 11.3. The van der Waals surface area contributed by atoms with Crippen LogP contribution in [0.15, 0.2) is 24.3 Å². The SMILES string of the molecule is CC.CCC.CCCCc1cccc(C)c1. The predicted molar refractivity (Wildman–Crippen MR) is 77.1 cm³/mol. The molecule has 0 aliphatic rings. The Morgan fingerprint density at radius 2 is 1.56 bits per heavy atom. The van der Waals surface area contributed by atoms with Gasteiger partial charge in [-0.2, -0.15) is 0 Å². The van der Waals surface area contributed by atoms with E-state index >= 15 is 0 Å². The number of hydrogen-bond donors (Lipinski definition) is 0. The van der Waals surface area contributed by atoms with Gasteiger partial charge in [0.1, 0.15) is 0 Å². The molecule has 0 nitrogen and oxygen atoms in total. The molecule has 0 spiro atoms. The summed E-state index contributed by atoms with van der Waals surface area (Å²) < 4.78 is 0. The van der Waals surface area contributed by atoms with Gasteiger partial charge >= 0.3 is 0 Å². The van der Waals surface area contributed by atoms with Crippen LogP contribution >= 0.6 is 0 Å². The lowest BCUT2D eigenvalue weighted by atomic mass is 10.1. The Morgan fingerprint density at radius 1 is 1.00 bits per heavy atom. The van der Waals surface area contributed by atoms with Crippen LogP contribution in [0.3, 0.4) is 0 Å². The minimum atomic E-state index is 1.23. The number of hydrogen-bond acceptors (Lipinski definition) is 0. The molecule has 0 heteroatoms. The van der Waals surface area contributed by atoms with Crippen LogP contribution in [-0.2, 0) is 6.42 Å². The largest absolute Gasteiger partial charge is 0.0683 e. The highest BCUT2D eigenvalue weighted by Gasteiger charge is 1.90. The van der Waals surface area contributed by atoms with E-state index in [4.69, 9.17) is 0 Å². The van der Waals surface area contributed by atoms with Gasteiger partial charge in [-0.1, -0.05) is 77.3 Å². The van der Waals surface area contributed by atoms with Crippen LogP contribution in [0.1, 0.15) is 65.0 Å². The Morgan fingerprint density at radius 3 is 2.00 bits per heavy atom. The van der Waals surface area contributed by atoms with Crippen LogP contribution in [0.5, 0.6) is 0 Å². The maximum Gasteiger partial charge on any atom is -0.0279 e. The Bertz CT molecular complexity index is 225. The average Bonchev–Trinajstić information content (AvgIpc) is 2.30. The van der Waals surface area contributed by atoms with E-state index in [1.807, 2.05) is 13.8 Å². The second-order valence-corrected chi connectivity index (χ2v) is 3.80. The molecule has 1 aromatic rings. The molecule has 94 valence electrons. The van der Waals surface area contributed by atoms with Crippen molar-refractivity contribution in [2.24, 2.45) is 0 Å². The Hall–Kier alpha value is -0.780. The van der Waals surface area contributed by atoms with Crippen molar-refractivity contribution >= 4 is 0 Å². The zero-order valence-electron chi connectivity index (χ0n) is 12.1. The van der Waals surface area contributed by atoms with Gasteiger partial charge in [0.25, 0.3) is 0 Å². The first kappa shape index (κ1) is 17.6. The zero-order chi connectivity index (χ0) is 12.8.